The van der Waals surface area contributed by atoms with E-state index < -0.39 is 16.1 Å². The van der Waals surface area contributed by atoms with E-state index in [4.69, 9.17) is 13.9 Å². The van der Waals surface area contributed by atoms with Gasteiger partial charge in [-0.3, -0.25) is 0 Å². The largest absolute Gasteiger partial charge is 0.508 e. The first kappa shape index (κ1) is 20.4. The highest BCUT2D eigenvalue weighted by molar-refractivity contribution is 7.89. The SMILES string of the molecule is O=S(=O)(N[C@@H](c1cccc(O)c1)c1cc2ccccc2o1)c1ccc2c(c1)OCCCO2. The molecule has 7 nitrogen and oxygen atoms in total. The fourth-order valence-electron chi connectivity index (χ4n) is 3.67. The molecule has 1 aliphatic rings. The maximum Gasteiger partial charge on any atom is 0.241 e. The molecular formula is C24H21NO6S. The molecule has 0 saturated heterocycles. The fourth-order valence-corrected chi connectivity index (χ4v) is 4.88. The minimum atomic E-state index is -3.98. The Bertz CT molecular complexity index is 1350. The van der Waals surface area contributed by atoms with Gasteiger partial charge in [-0.1, -0.05) is 30.3 Å². The number of fused-ring (bicyclic) bond motifs is 2. The zero-order valence-corrected chi connectivity index (χ0v) is 17.8. The van der Waals surface area contributed by atoms with Gasteiger partial charge >= 0.3 is 0 Å². The Labute approximate surface area is 185 Å². The second kappa shape index (κ2) is 8.22. The van der Waals surface area contributed by atoms with E-state index >= 15 is 0 Å². The van der Waals surface area contributed by atoms with Crippen LogP contribution in [0.15, 0.2) is 82.1 Å². The minimum absolute atomic E-state index is 0.0263. The Morgan fingerprint density at radius 2 is 1.69 bits per heavy atom. The van der Waals surface area contributed by atoms with Crippen molar-refractivity contribution < 1.29 is 27.4 Å². The fraction of sp³-hybridized carbons (Fsp3) is 0.167. The lowest BCUT2D eigenvalue weighted by atomic mass is 10.0. The summed E-state index contributed by atoms with van der Waals surface area (Å²) >= 11 is 0. The average molecular weight is 452 g/mol. The number of sulfonamides is 1. The van der Waals surface area contributed by atoms with Gasteiger partial charge in [-0.2, -0.15) is 4.72 Å². The Morgan fingerprint density at radius 1 is 0.875 bits per heavy atom. The summed E-state index contributed by atoms with van der Waals surface area (Å²) in [6.45, 7) is 0.970. The summed E-state index contributed by atoms with van der Waals surface area (Å²) < 4.78 is 46.6. The molecule has 4 aromatic rings. The number of benzene rings is 3. The highest BCUT2D eigenvalue weighted by atomic mass is 32.2. The van der Waals surface area contributed by atoms with Crippen molar-refractivity contribution in [2.45, 2.75) is 17.4 Å². The molecule has 0 amide bonds. The molecule has 2 heterocycles. The number of ether oxygens (including phenoxy) is 2. The Balaban J connectivity index is 1.55. The van der Waals surface area contributed by atoms with E-state index in [0.29, 0.717) is 41.6 Å². The van der Waals surface area contributed by atoms with Crippen LogP contribution in [0.2, 0.25) is 0 Å². The van der Waals surface area contributed by atoms with Gasteiger partial charge in [-0.05, 0) is 42.0 Å². The van der Waals surface area contributed by atoms with Crippen molar-refractivity contribution in [2.24, 2.45) is 0 Å². The van der Waals surface area contributed by atoms with Crippen LogP contribution in [0.3, 0.4) is 0 Å². The van der Waals surface area contributed by atoms with Crippen LogP contribution in [0.4, 0.5) is 0 Å². The van der Waals surface area contributed by atoms with Crippen LogP contribution in [0, 0.1) is 0 Å². The smallest absolute Gasteiger partial charge is 0.241 e. The molecule has 0 bridgehead atoms. The molecule has 1 atom stereocenters. The van der Waals surface area contributed by atoms with Crippen molar-refractivity contribution in [1.29, 1.82) is 0 Å². The molecule has 0 aliphatic carbocycles. The van der Waals surface area contributed by atoms with Crippen molar-refractivity contribution in [3.63, 3.8) is 0 Å². The number of phenols is 1. The number of rotatable bonds is 5. The third-order valence-corrected chi connectivity index (χ3v) is 6.66. The lowest BCUT2D eigenvalue weighted by molar-refractivity contribution is 0.297. The van der Waals surface area contributed by atoms with E-state index in [1.165, 1.54) is 24.3 Å². The van der Waals surface area contributed by atoms with Crippen LogP contribution in [-0.4, -0.2) is 26.7 Å². The summed E-state index contributed by atoms with van der Waals surface area (Å²) in [6.07, 6.45) is 0.723. The number of hydrogen-bond donors (Lipinski definition) is 2. The first-order valence-corrected chi connectivity index (χ1v) is 11.7. The molecule has 0 fully saturated rings. The first-order valence-electron chi connectivity index (χ1n) is 10.2. The summed E-state index contributed by atoms with van der Waals surface area (Å²) in [5, 5.41) is 10.8. The number of nitrogens with one attached hydrogen (secondary N) is 1. The Morgan fingerprint density at radius 3 is 2.50 bits per heavy atom. The van der Waals surface area contributed by atoms with Gasteiger partial charge in [0.25, 0.3) is 0 Å². The van der Waals surface area contributed by atoms with Crippen LogP contribution in [0.25, 0.3) is 11.0 Å². The van der Waals surface area contributed by atoms with Crippen LogP contribution in [0.1, 0.15) is 23.8 Å². The third-order valence-electron chi connectivity index (χ3n) is 5.23. The maximum atomic E-state index is 13.3. The van der Waals surface area contributed by atoms with Crippen molar-refractivity contribution >= 4 is 21.0 Å². The molecule has 1 aliphatic heterocycles. The predicted octanol–water partition coefficient (Wildman–Crippen LogP) is 4.37. The molecular weight excluding hydrogens is 430 g/mol. The first-order chi connectivity index (χ1) is 15.5. The molecule has 5 rings (SSSR count). The average Bonchev–Trinajstić information content (AvgIpc) is 3.07. The summed E-state index contributed by atoms with van der Waals surface area (Å²) in [5.41, 5.74) is 1.18. The van der Waals surface area contributed by atoms with Gasteiger partial charge in [0.2, 0.25) is 10.0 Å². The number of furan rings is 1. The van der Waals surface area contributed by atoms with E-state index in [9.17, 15) is 13.5 Å². The minimum Gasteiger partial charge on any atom is -0.508 e. The number of aromatic hydroxyl groups is 1. The molecule has 1 aromatic heterocycles. The van der Waals surface area contributed by atoms with Crippen LogP contribution >= 0.6 is 0 Å². The summed E-state index contributed by atoms with van der Waals surface area (Å²) in [6, 6.07) is 19.3. The van der Waals surface area contributed by atoms with Crippen molar-refractivity contribution in [1.82, 2.24) is 4.72 Å². The van der Waals surface area contributed by atoms with E-state index in [-0.39, 0.29) is 10.6 Å². The van der Waals surface area contributed by atoms with Gasteiger partial charge in [0.05, 0.1) is 18.1 Å². The molecule has 0 unspecified atom stereocenters. The highest BCUT2D eigenvalue weighted by Gasteiger charge is 2.27. The van der Waals surface area contributed by atoms with E-state index in [1.54, 1.807) is 24.3 Å². The standard InChI is InChI=1S/C24H21NO6S/c26-18-7-3-6-17(13-18)24(23-14-16-5-1-2-8-20(16)31-23)25-32(27,28)19-9-10-21-22(15-19)30-12-4-11-29-21/h1-3,5-10,13-15,24-26H,4,11-12H2/t24-/m0/s1. The zero-order valence-electron chi connectivity index (χ0n) is 17.0. The lowest BCUT2D eigenvalue weighted by Gasteiger charge is -2.18. The molecule has 3 aromatic carbocycles. The van der Waals surface area contributed by atoms with Gasteiger partial charge in [0, 0.05) is 17.9 Å². The second-order valence-corrected chi connectivity index (χ2v) is 9.21. The quantitative estimate of drug-likeness (QED) is 0.468. The van der Waals surface area contributed by atoms with Gasteiger partial charge < -0.3 is 19.0 Å². The summed E-state index contributed by atoms with van der Waals surface area (Å²) in [7, 11) is -3.98. The van der Waals surface area contributed by atoms with Crippen molar-refractivity contribution in [3.8, 4) is 17.2 Å². The van der Waals surface area contributed by atoms with Crippen LogP contribution in [0.5, 0.6) is 17.2 Å². The monoisotopic (exact) mass is 451 g/mol. The van der Waals surface area contributed by atoms with Crippen molar-refractivity contribution in [3.05, 3.63) is 84.1 Å². The number of hydrogen-bond acceptors (Lipinski definition) is 6. The third kappa shape index (κ3) is 4.02. The number of phenolic OH excluding ortho intramolecular Hbond substituents is 1. The van der Waals surface area contributed by atoms with Crippen molar-refractivity contribution in [2.75, 3.05) is 13.2 Å². The normalized spacial score (nSPS) is 14.8. The summed E-state index contributed by atoms with van der Waals surface area (Å²) in [5.74, 6) is 1.35. The zero-order chi connectivity index (χ0) is 22.1. The molecule has 0 saturated carbocycles. The predicted molar refractivity (Wildman–Crippen MR) is 119 cm³/mol. The molecule has 0 spiro atoms. The second-order valence-electron chi connectivity index (χ2n) is 7.49. The Kier molecular flexibility index (Phi) is 5.24. The van der Waals surface area contributed by atoms with E-state index in [0.717, 1.165) is 11.8 Å². The van der Waals surface area contributed by atoms with E-state index in [1.807, 2.05) is 24.3 Å². The van der Waals surface area contributed by atoms with Crippen LogP contribution < -0.4 is 14.2 Å². The van der Waals surface area contributed by atoms with Crippen LogP contribution in [-0.2, 0) is 10.0 Å². The van der Waals surface area contributed by atoms with Gasteiger partial charge in [-0.15, -0.1) is 0 Å². The number of para-hydroxylation sites is 1. The summed E-state index contributed by atoms with van der Waals surface area (Å²) in [4.78, 5) is 0.0445. The van der Waals surface area contributed by atoms with Gasteiger partial charge in [-0.25, -0.2) is 8.42 Å². The maximum absolute atomic E-state index is 13.3. The molecule has 164 valence electrons. The lowest BCUT2D eigenvalue weighted by Crippen LogP contribution is -2.29. The highest BCUT2D eigenvalue weighted by Crippen LogP contribution is 2.34. The molecule has 2 N–H and O–H groups in total. The molecule has 0 radical (unpaired) electrons. The van der Waals surface area contributed by atoms with Gasteiger partial charge in [0.1, 0.15) is 23.1 Å². The topological polar surface area (TPSA) is 98.0 Å². The van der Waals surface area contributed by atoms with Gasteiger partial charge in [0.15, 0.2) is 11.5 Å². The van der Waals surface area contributed by atoms with E-state index in [2.05, 4.69) is 4.72 Å². The molecule has 32 heavy (non-hydrogen) atoms. The molecule has 8 heteroatoms. The Hall–Kier alpha value is -3.49.